The summed E-state index contributed by atoms with van der Waals surface area (Å²) >= 11 is 0. The van der Waals surface area contributed by atoms with Gasteiger partial charge in [-0.05, 0) is 0 Å². The number of allylic oxidation sites excluding steroid dienone is 1. The van der Waals surface area contributed by atoms with E-state index in [0.29, 0.717) is 0 Å². The van der Waals surface area contributed by atoms with E-state index in [4.69, 9.17) is 4.74 Å². The third-order valence-electron chi connectivity index (χ3n) is 0.976. The Bertz CT molecular complexity index is 126. The largest absolute Gasteiger partial charge is 0.466 e. The van der Waals surface area contributed by atoms with E-state index in [0.717, 1.165) is 12.2 Å². The van der Waals surface area contributed by atoms with Crippen LogP contribution in [-0.2, 0) is 4.74 Å². The molecule has 0 saturated heterocycles. The number of rotatable bonds is 1. The highest BCUT2D eigenvalue weighted by atomic mass is 16.5. The van der Waals surface area contributed by atoms with Crippen LogP contribution in [0, 0.1) is 0 Å². The van der Waals surface area contributed by atoms with Crippen LogP contribution in [0.1, 0.15) is 13.3 Å². The van der Waals surface area contributed by atoms with Gasteiger partial charge in [0.05, 0.1) is 0 Å². The molecular weight excluding hydrogens is 102 g/mol. The van der Waals surface area contributed by atoms with Crippen LogP contribution in [0.4, 0.5) is 0 Å². The number of hydrogen-bond acceptors (Lipinski definition) is 2. The van der Waals surface area contributed by atoms with Crippen molar-refractivity contribution in [2.75, 3.05) is 0 Å². The topological polar surface area (TPSA) is 21.3 Å². The zero-order chi connectivity index (χ0) is 5.82. The Labute approximate surface area is 48.8 Å². The van der Waals surface area contributed by atoms with Gasteiger partial charge in [0.15, 0.2) is 0 Å². The fourth-order valence-corrected chi connectivity index (χ4v) is 0.521. The molecule has 0 fully saturated rings. The Hall–Kier alpha value is -0.920. The number of ether oxygens (including phenoxy) is 1. The molecule has 0 radical (unpaired) electrons. The molecular formula is C6H9NO. The van der Waals surface area contributed by atoms with Gasteiger partial charge in [-0.1, -0.05) is 6.92 Å². The lowest BCUT2D eigenvalue weighted by atomic mass is 10.4. The van der Waals surface area contributed by atoms with Crippen LogP contribution in [0.3, 0.4) is 0 Å². The van der Waals surface area contributed by atoms with Gasteiger partial charge < -0.3 is 10.1 Å². The second kappa shape index (κ2) is 2.40. The van der Waals surface area contributed by atoms with Gasteiger partial charge in [0.1, 0.15) is 12.0 Å². The summed E-state index contributed by atoms with van der Waals surface area (Å²) in [5.74, 6) is 0.979. The lowest BCUT2D eigenvalue weighted by Crippen LogP contribution is -2.01. The van der Waals surface area contributed by atoms with Crippen molar-refractivity contribution in [3.05, 3.63) is 24.4 Å². The minimum absolute atomic E-state index is 0.942. The molecule has 1 rings (SSSR count). The second-order valence-corrected chi connectivity index (χ2v) is 1.55. The Morgan fingerprint density at radius 2 is 2.62 bits per heavy atom. The maximum atomic E-state index is 5.05. The minimum atomic E-state index is 0.942. The molecule has 0 atom stereocenters. The monoisotopic (exact) mass is 111 g/mol. The van der Waals surface area contributed by atoms with Crippen molar-refractivity contribution in [2.45, 2.75) is 13.3 Å². The van der Waals surface area contributed by atoms with Crippen LogP contribution in [0.2, 0.25) is 0 Å². The molecule has 0 aliphatic carbocycles. The predicted octanol–water partition coefficient (Wildman–Crippen LogP) is 1.33. The molecule has 1 aliphatic heterocycles. The van der Waals surface area contributed by atoms with Gasteiger partial charge in [-0.2, -0.15) is 0 Å². The molecule has 0 unspecified atom stereocenters. The van der Waals surface area contributed by atoms with Gasteiger partial charge in [-0.3, -0.25) is 0 Å². The SMILES string of the molecule is CCC1=CNC=CO1. The lowest BCUT2D eigenvalue weighted by Gasteiger charge is -2.06. The van der Waals surface area contributed by atoms with E-state index in [2.05, 4.69) is 5.32 Å². The highest BCUT2D eigenvalue weighted by molar-refractivity contribution is 4.99. The summed E-state index contributed by atoms with van der Waals surface area (Å²) in [5, 5.41) is 2.92. The Kier molecular flexibility index (Phi) is 1.57. The zero-order valence-electron chi connectivity index (χ0n) is 4.85. The summed E-state index contributed by atoms with van der Waals surface area (Å²) in [7, 11) is 0. The van der Waals surface area contributed by atoms with Crippen molar-refractivity contribution in [2.24, 2.45) is 0 Å². The van der Waals surface area contributed by atoms with Crippen LogP contribution >= 0.6 is 0 Å². The summed E-state index contributed by atoms with van der Waals surface area (Å²) in [5.41, 5.74) is 0. The molecule has 1 N–H and O–H groups in total. The van der Waals surface area contributed by atoms with E-state index in [1.165, 1.54) is 0 Å². The summed E-state index contributed by atoms with van der Waals surface area (Å²) in [6, 6.07) is 0. The van der Waals surface area contributed by atoms with Crippen LogP contribution < -0.4 is 5.32 Å². The van der Waals surface area contributed by atoms with Crippen molar-refractivity contribution in [3.8, 4) is 0 Å². The molecule has 1 heterocycles. The van der Waals surface area contributed by atoms with Gasteiger partial charge in [0.2, 0.25) is 0 Å². The Balaban J connectivity index is 2.43. The lowest BCUT2D eigenvalue weighted by molar-refractivity contribution is 0.325. The maximum Gasteiger partial charge on any atom is 0.119 e. The molecule has 0 aromatic heterocycles. The highest BCUT2D eigenvalue weighted by Crippen LogP contribution is 2.03. The quantitative estimate of drug-likeness (QED) is 0.551. The van der Waals surface area contributed by atoms with E-state index in [1.54, 1.807) is 12.5 Å². The third-order valence-corrected chi connectivity index (χ3v) is 0.976. The number of hydrogen-bond donors (Lipinski definition) is 1. The van der Waals surface area contributed by atoms with E-state index >= 15 is 0 Å². The highest BCUT2D eigenvalue weighted by Gasteiger charge is 1.92. The average Bonchev–Trinajstić information content (AvgIpc) is 1.90. The molecule has 2 heteroatoms. The third kappa shape index (κ3) is 1.03. The van der Waals surface area contributed by atoms with Crippen LogP contribution in [-0.4, -0.2) is 0 Å². The van der Waals surface area contributed by atoms with Gasteiger partial charge in [-0.15, -0.1) is 0 Å². The summed E-state index contributed by atoms with van der Waals surface area (Å²) in [6.07, 6.45) is 6.18. The van der Waals surface area contributed by atoms with E-state index in [9.17, 15) is 0 Å². The molecule has 44 valence electrons. The van der Waals surface area contributed by atoms with Crippen molar-refractivity contribution >= 4 is 0 Å². The van der Waals surface area contributed by atoms with Crippen molar-refractivity contribution in [1.29, 1.82) is 0 Å². The first-order valence-electron chi connectivity index (χ1n) is 2.70. The Morgan fingerprint density at radius 1 is 1.75 bits per heavy atom. The summed E-state index contributed by atoms with van der Waals surface area (Å²) in [6.45, 7) is 2.05. The fraction of sp³-hybridized carbons (Fsp3) is 0.333. The number of nitrogens with one attached hydrogen (secondary N) is 1. The molecule has 8 heavy (non-hydrogen) atoms. The predicted molar refractivity (Wildman–Crippen MR) is 31.7 cm³/mol. The van der Waals surface area contributed by atoms with Gasteiger partial charge in [-0.25, -0.2) is 0 Å². The van der Waals surface area contributed by atoms with Crippen LogP contribution in [0.5, 0.6) is 0 Å². The standard InChI is InChI=1S/C6H9NO/c1-2-6-5-7-3-4-8-6/h3-5,7H,2H2,1H3. The van der Waals surface area contributed by atoms with Crippen molar-refractivity contribution < 1.29 is 4.74 Å². The second-order valence-electron chi connectivity index (χ2n) is 1.55. The van der Waals surface area contributed by atoms with Crippen LogP contribution in [0.25, 0.3) is 0 Å². The fourth-order valence-electron chi connectivity index (χ4n) is 0.521. The molecule has 0 aromatic carbocycles. The first-order valence-corrected chi connectivity index (χ1v) is 2.70. The Morgan fingerprint density at radius 3 is 3.00 bits per heavy atom. The van der Waals surface area contributed by atoms with Crippen molar-refractivity contribution in [1.82, 2.24) is 5.32 Å². The first-order chi connectivity index (χ1) is 3.93. The van der Waals surface area contributed by atoms with E-state index in [-0.39, 0.29) is 0 Å². The summed E-state index contributed by atoms with van der Waals surface area (Å²) in [4.78, 5) is 0. The first kappa shape index (κ1) is 5.22. The molecule has 1 aliphatic rings. The van der Waals surface area contributed by atoms with Gasteiger partial charge in [0.25, 0.3) is 0 Å². The van der Waals surface area contributed by atoms with Gasteiger partial charge in [0, 0.05) is 18.8 Å². The molecule has 2 nitrogen and oxygen atoms in total. The molecule has 0 amide bonds. The molecule has 0 spiro atoms. The average molecular weight is 111 g/mol. The summed E-state index contributed by atoms with van der Waals surface area (Å²) < 4.78 is 5.05. The van der Waals surface area contributed by atoms with Crippen LogP contribution in [0.15, 0.2) is 24.4 Å². The van der Waals surface area contributed by atoms with E-state index in [1.807, 2.05) is 13.1 Å². The minimum Gasteiger partial charge on any atom is -0.466 e. The molecule has 0 saturated carbocycles. The van der Waals surface area contributed by atoms with Crippen molar-refractivity contribution in [3.63, 3.8) is 0 Å². The maximum absolute atomic E-state index is 5.05. The van der Waals surface area contributed by atoms with Gasteiger partial charge >= 0.3 is 0 Å². The molecule has 0 bridgehead atoms. The zero-order valence-corrected chi connectivity index (χ0v) is 4.85. The smallest absolute Gasteiger partial charge is 0.119 e. The molecule has 0 aromatic rings. The normalized spacial score (nSPS) is 16.4. The van der Waals surface area contributed by atoms with E-state index < -0.39 is 0 Å².